The van der Waals surface area contributed by atoms with Crippen LogP contribution in [0.5, 0.6) is 0 Å². The maximum Gasteiger partial charge on any atom is 0.317 e. The van der Waals surface area contributed by atoms with E-state index >= 15 is 0 Å². The number of likely N-dealkylation sites (tertiary alicyclic amines) is 1. The van der Waals surface area contributed by atoms with Gasteiger partial charge in [0.2, 0.25) is 0 Å². The van der Waals surface area contributed by atoms with Gasteiger partial charge in [-0.2, -0.15) is 0 Å². The summed E-state index contributed by atoms with van der Waals surface area (Å²) in [6.07, 6.45) is 0.414. The molecule has 102 valence electrons. The van der Waals surface area contributed by atoms with Crippen LogP contribution in [0, 0.1) is 5.92 Å². The Labute approximate surface area is 113 Å². The molecule has 4 heteroatoms. The Morgan fingerprint density at radius 3 is 2.68 bits per heavy atom. The molecule has 1 heterocycles. The summed E-state index contributed by atoms with van der Waals surface area (Å²) in [5.41, 5.74) is 1.19. The molecule has 2 atom stereocenters. The van der Waals surface area contributed by atoms with Crippen LogP contribution < -0.4 is 0 Å². The fraction of sp³-hybridized carbons (Fsp3) is 0.467. The highest BCUT2D eigenvalue weighted by Gasteiger charge is 2.35. The average molecular weight is 261 g/mol. The molecule has 1 aliphatic rings. The summed E-state index contributed by atoms with van der Waals surface area (Å²) >= 11 is 0. The normalized spacial score (nSPS) is 22.0. The van der Waals surface area contributed by atoms with E-state index in [1.54, 1.807) is 0 Å². The topological polar surface area (TPSA) is 46.6 Å². The first-order valence-electron chi connectivity index (χ1n) is 6.53. The van der Waals surface area contributed by atoms with Gasteiger partial charge < -0.3 is 4.74 Å². The highest BCUT2D eigenvalue weighted by Crippen LogP contribution is 2.25. The van der Waals surface area contributed by atoms with Crippen LogP contribution in [0.3, 0.4) is 0 Å². The Morgan fingerprint density at radius 1 is 1.37 bits per heavy atom. The quantitative estimate of drug-likeness (QED) is 0.615. The van der Waals surface area contributed by atoms with Gasteiger partial charge in [-0.05, 0) is 12.5 Å². The van der Waals surface area contributed by atoms with E-state index in [4.69, 9.17) is 4.74 Å². The number of ketones is 1. The summed E-state index contributed by atoms with van der Waals surface area (Å²) in [4.78, 5) is 25.5. The van der Waals surface area contributed by atoms with Gasteiger partial charge in [-0.15, -0.1) is 0 Å². The molecule has 0 aromatic heterocycles. The smallest absolute Gasteiger partial charge is 0.317 e. The Balaban J connectivity index is 2.09. The summed E-state index contributed by atoms with van der Waals surface area (Å²) in [7, 11) is 1.33. The van der Waals surface area contributed by atoms with Crippen LogP contribution in [0.25, 0.3) is 0 Å². The number of hydrogen-bond acceptors (Lipinski definition) is 4. The van der Waals surface area contributed by atoms with Gasteiger partial charge in [0.1, 0.15) is 11.7 Å². The summed E-state index contributed by atoms with van der Waals surface area (Å²) < 4.78 is 4.71. The number of esters is 1. The lowest BCUT2D eigenvalue weighted by atomic mass is 9.94. The van der Waals surface area contributed by atoms with Crippen LogP contribution in [-0.4, -0.2) is 36.9 Å². The van der Waals surface area contributed by atoms with Crippen molar-refractivity contribution >= 4 is 11.8 Å². The van der Waals surface area contributed by atoms with Crippen molar-refractivity contribution in [2.75, 3.05) is 20.2 Å². The number of hydrogen-bond donors (Lipinski definition) is 0. The number of ether oxygens (including phenoxy) is 1. The molecule has 0 bridgehead atoms. The average Bonchev–Trinajstić information content (AvgIpc) is 2.47. The van der Waals surface area contributed by atoms with Gasteiger partial charge in [0.05, 0.1) is 7.11 Å². The first-order chi connectivity index (χ1) is 9.13. The molecule has 19 heavy (non-hydrogen) atoms. The van der Waals surface area contributed by atoms with Gasteiger partial charge in [-0.1, -0.05) is 30.3 Å². The highest BCUT2D eigenvalue weighted by atomic mass is 16.5. The van der Waals surface area contributed by atoms with E-state index in [2.05, 4.69) is 24.0 Å². The maximum absolute atomic E-state index is 11.8. The maximum atomic E-state index is 11.8. The van der Waals surface area contributed by atoms with E-state index in [-0.39, 0.29) is 11.8 Å². The van der Waals surface area contributed by atoms with Crippen LogP contribution >= 0.6 is 0 Å². The monoisotopic (exact) mass is 261 g/mol. The van der Waals surface area contributed by atoms with E-state index in [0.29, 0.717) is 19.5 Å². The Morgan fingerprint density at radius 2 is 2.05 bits per heavy atom. The molecule has 0 aliphatic carbocycles. The van der Waals surface area contributed by atoms with Crippen molar-refractivity contribution in [1.29, 1.82) is 0 Å². The number of methoxy groups -OCH3 is 1. The van der Waals surface area contributed by atoms with E-state index in [1.807, 2.05) is 18.2 Å². The Kier molecular flexibility index (Phi) is 4.32. The van der Waals surface area contributed by atoms with E-state index < -0.39 is 11.9 Å². The minimum absolute atomic E-state index is 0.0108. The zero-order valence-corrected chi connectivity index (χ0v) is 11.3. The van der Waals surface area contributed by atoms with Crippen molar-refractivity contribution in [3.8, 4) is 0 Å². The first-order valence-corrected chi connectivity index (χ1v) is 6.53. The predicted molar refractivity (Wildman–Crippen MR) is 71.6 cm³/mol. The minimum Gasteiger partial charge on any atom is -0.468 e. The zero-order valence-electron chi connectivity index (χ0n) is 11.3. The number of rotatable bonds is 3. The molecule has 1 fully saturated rings. The fourth-order valence-electron chi connectivity index (χ4n) is 2.50. The molecule has 2 unspecified atom stereocenters. The van der Waals surface area contributed by atoms with E-state index in [9.17, 15) is 9.59 Å². The summed E-state index contributed by atoms with van der Waals surface area (Å²) in [6, 6.07) is 10.3. The molecule has 2 rings (SSSR count). The van der Waals surface area contributed by atoms with Crippen LogP contribution in [0.4, 0.5) is 0 Å². The summed E-state index contributed by atoms with van der Waals surface area (Å²) in [5.74, 6) is -1.07. The number of benzene rings is 1. The van der Waals surface area contributed by atoms with Crippen molar-refractivity contribution in [2.45, 2.75) is 19.4 Å². The second-order valence-electron chi connectivity index (χ2n) is 4.87. The number of Topliss-reactive ketones (excluding diaryl/α,β-unsaturated/α-hetero) is 1. The van der Waals surface area contributed by atoms with Crippen LogP contribution in [0.1, 0.15) is 24.9 Å². The van der Waals surface area contributed by atoms with Gasteiger partial charge >= 0.3 is 5.97 Å². The highest BCUT2D eigenvalue weighted by molar-refractivity contribution is 5.99. The molecule has 0 radical (unpaired) electrons. The molecule has 0 saturated carbocycles. The number of piperidine rings is 1. The van der Waals surface area contributed by atoms with Crippen molar-refractivity contribution in [3.05, 3.63) is 35.9 Å². The minimum atomic E-state index is -0.634. The van der Waals surface area contributed by atoms with Crippen molar-refractivity contribution in [1.82, 2.24) is 4.90 Å². The van der Waals surface area contributed by atoms with Crippen molar-refractivity contribution in [3.63, 3.8) is 0 Å². The number of nitrogens with zero attached hydrogens (tertiary/aromatic N) is 1. The number of carbonyl (C=O) groups is 2. The third-order valence-electron chi connectivity index (χ3n) is 3.77. The second kappa shape index (κ2) is 5.97. The standard InChI is InChI=1S/C15H19NO3/c1-11(12-6-4-3-5-7-12)16-9-8-14(17)13(10-16)15(18)19-2/h3-7,11,13H,8-10H2,1-2H3. The number of carbonyl (C=O) groups excluding carboxylic acids is 2. The van der Waals surface area contributed by atoms with Crippen molar-refractivity contribution < 1.29 is 14.3 Å². The molecule has 1 aliphatic heterocycles. The van der Waals surface area contributed by atoms with Gasteiger partial charge in [-0.3, -0.25) is 14.5 Å². The Hall–Kier alpha value is -1.68. The fourth-order valence-corrected chi connectivity index (χ4v) is 2.50. The van der Waals surface area contributed by atoms with Crippen LogP contribution in [0.2, 0.25) is 0 Å². The van der Waals surface area contributed by atoms with E-state index in [0.717, 1.165) is 0 Å². The predicted octanol–water partition coefficient (Wildman–Crippen LogP) is 1.81. The third-order valence-corrected chi connectivity index (χ3v) is 3.77. The summed E-state index contributed by atoms with van der Waals surface area (Å²) in [6.45, 7) is 3.24. The van der Waals surface area contributed by atoms with Crippen molar-refractivity contribution in [2.24, 2.45) is 5.92 Å². The first kappa shape index (κ1) is 13.7. The molecule has 0 N–H and O–H groups in total. The zero-order chi connectivity index (χ0) is 13.8. The van der Waals surface area contributed by atoms with Gasteiger partial charge in [-0.25, -0.2) is 0 Å². The van der Waals surface area contributed by atoms with Gasteiger partial charge in [0, 0.05) is 25.6 Å². The molecule has 0 amide bonds. The molecule has 4 nitrogen and oxygen atoms in total. The molecule has 0 spiro atoms. The largest absolute Gasteiger partial charge is 0.468 e. The lowest BCUT2D eigenvalue weighted by Gasteiger charge is -2.35. The van der Waals surface area contributed by atoms with Gasteiger partial charge in [0.25, 0.3) is 0 Å². The lowest BCUT2D eigenvalue weighted by molar-refractivity contribution is -0.152. The Bertz CT molecular complexity index is 450. The van der Waals surface area contributed by atoms with Crippen LogP contribution in [0.15, 0.2) is 30.3 Å². The third kappa shape index (κ3) is 3.01. The molecule has 1 aromatic rings. The van der Waals surface area contributed by atoms with E-state index in [1.165, 1.54) is 12.7 Å². The summed E-state index contributed by atoms with van der Waals surface area (Å²) in [5, 5.41) is 0. The molecular formula is C15H19NO3. The van der Waals surface area contributed by atoms with Crippen LogP contribution in [-0.2, 0) is 14.3 Å². The second-order valence-corrected chi connectivity index (χ2v) is 4.87. The molecule has 1 saturated heterocycles. The molecular weight excluding hydrogens is 242 g/mol. The van der Waals surface area contributed by atoms with Gasteiger partial charge in [0.15, 0.2) is 0 Å². The SMILES string of the molecule is COC(=O)C1CN(C(C)c2ccccc2)CCC1=O. The lowest BCUT2D eigenvalue weighted by Crippen LogP contribution is -2.45. The molecule has 1 aromatic carbocycles.